The Morgan fingerprint density at radius 2 is 1.57 bits per heavy atom. The lowest BCUT2D eigenvalue weighted by molar-refractivity contribution is -0.115. The van der Waals surface area contributed by atoms with Crippen molar-refractivity contribution in [3.05, 3.63) is 71.8 Å². The molecule has 0 heterocycles. The summed E-state index contributed by atoms with van der Waals surface area (Å²) in [7, 11) is 0. The number of rotatable bonds is 6. The van der Waals surface area contributed by atoms with Gasteiger partial charge in [-0.2, -0.15) is 0 Å². The number of benzene rings is 2. The lowest BCUT2D eigenvalue weighted by Gasteiger charge is -2.15. The van der Waals surface area contributed by atoms with E-state index in [0.717, 1.165) is 11.1 Å². The van der Waals surface area contributed by atoms with E-state index in [2.05, 4.69) is 11.2 Å². The van der Waals surface area contributed by atoms with Crippen molar-refractivity contribution in [1.29, 1.82) is 0 Å². The molecule has 23 heavy (non-hydrogen) atoms. The van der Waals surface area contributed by atoms with E-state index >= 15 is 0 Å². The number of terminal acetylenes is 1. The molecule has 0 aliphatic rings. The standard InChI is InChI=1S/C19H17NO3/c1-2-18(21)17(13-15-9-5-3-6-10-15)20-19(22)23-14-16-11-7-4-8-12-16/h1,3-12,17H,13-14H2,(H,20,22)/t17-/m0/s1. The molecule has 0 fully saturated rings. The molecule has 1 amide bonds. The molecular formula is C19H17NO3. The van der Waals surface area contributed by atoms with Gasteiger partial charge in [-0.25, -0.2) is 4.79 Å². The molecule has 2 rings (SSSR count). The van der Waals surface area contributed by atoms with Crippen LogP contribution in [0.4, 0.5) is 4.79 Å². The zero-order valence-corrected chi connectivity index (χ0v) is 12.6. The Hall–Kier alpha value is -3.06. The minimum absolute atomic E-state index is 0.134. The second kappa shape index (κ2) is 8.40. The number of Topliss-reactive ketones (excluding diaryl/α,β-unsaturated/α-hetero) is 1. The Balaban J connectivity index is 1.93. The monoisotopic (exact) mass is 307 g/mol. The number of carbonyl (C=O) groups excluding carboxylic acids is 2. The fourth-order valence-electron chi connectivity index (χ4n) is 2.07. The normalized spacial score (nSPS) is 11.1. The van der Waals surface area contributed by atoms with Gasteiger partial charge in [0.25, 0.3) is 0 Å². The van der Waals surface area contributed by atoms with Gasteiger partial charge in [0.05, 0.1) is 0 Å². The summed E-state index contributed by atoms with van der Waals surface area (Å²) in [6.45, 7) is 0.134. The second-order valence-corrected chi connectivity index (χ2v) is 4.96. The molecule has 0 saturated heterocycles. The van der Waals surface area contributed by atoms with Crippen LogP contribution < -0.4 is 5.32 Å². The Labute approximate surface area is 135 Å². The lowest BCUT2D eigenvalue weighted by atomic mass is 10.0. The summed E-state index contributed by atoms with van der Waals surface area (Å²) in [5.41, 5.74) is 1.77. The van der Waals surface area contributed by atoms with Crippen molar-refractivity contribution < 1.29 is 14.3 Å². The van der Waals surface area contributed by atoms with Gasteiger partial charge in [-0.05, 0) is 17.0 Å². The van der Waals surface area contributed by atoms with Crippen LogP contribution in [0.15, 0.2) is 60.7 Å². The molecule has 2 aromatic carbocycles. The fourth-order valence-corrected chi connectivity index (χ4v) is 2.07. The highest BCUT2D eigenvalue weighted by molar-refractivity contribution is 6.00. The summed E-state index contributed by atoms with van der Waals surface area (Å²) in [5.74, 6) is 1.57. The molecule has 0 radical (unpaired) electrons. The number of ether oxygens (including phenoxy) is 1. The zero-order valence-electron chi connectivity index (χ0n) is 12.6. The Bertz CT molecular complexity index is 690. The van der Waals surface area contributed by atoms with Crippen LogP contribution in [0.5, 0.6) is 0 Å². The number of hydrogen-bond acceptors (Lipinski definition) is 3. The fraction of sp³-hybridized carbons (Fsp3) is 0.158. The van der Waals surface area contributed by atoms with Gasteiger partial charge in [0, 0.05) is 6.42 Å². The number of carbonyl (C=O) groups is 2. The SMILES string of the molecule is C#CC(=O)[C@H](Cc1ccccc1)NC(=O)OCc1ccccc1. The molecule has 4 heteroatoms. The summed E-state index contributed by atoms with van der Waals surface area (Å²) in [4.78, 5) is 23.7. The van der Waals surface area contributed by atoms with Crippen LogP contribution >= 0.6 is 0 Å². The van der Waals surface area contributed by atoms with E-state index in [1.807, 2.05) is 60.7 Å². The van der Waals surface area contributed by atoms with Crippen molar-refractivity contribution in [2.45, 2.75) is 19.1 Å². The predicted molar refractivity (Wildman–Crippen MR) is 87.5 cm³/mol. The van der Waals surface area contributed by atoms with Crippen LogP contribution in [0.2, 0.25) is 0 Å². The van der Waals surface area contributed by atoms with Gasteiger partial charge in [0.15, 0.2) is 0 Å². The third kappa shape index (κ3) is 5.33. The number of amides is 1. The molecule has 1 atom stereocenters. The molecule has 0 saturated carbocycles. The summed E-state index contributed by atoms with van der Waals surface area (Å²) in [5, 5.41) is 2.53. The van der Waals surface area contributed by atoms with Crippen LogP contribution in [0.3, 0.4) is 0 Å². The highest BCUT2D eigenvalue weighted by Crippen LogP contribution is 2.05. The predicted octanol–water partition coefficient (Wildman–Crippen LogP) is 2.73. The first-order valence-electron chi connectivity index (χ1n) is 7.20. The van der Waals surface area contributed by atoms with Crippen LogP contribution in [0, 0.1) is 12.3 Å². The summed E-state index contributed by atoms with van der Waals surface area (Å²) >= 11 is 0. The third-order valence-corrected chi connectivity index (χ3v) is 3.25. The third-order valence-electron chi connectivity index (χ3n) is 3.25. The van der Waals surface area contributed by atoms with E-state index in [4.69, 9.17) is 11.2 Å². The van der Waals surface area contributed by atoms with E-state index in [9.17, 15) is 9.59 Å². The molecule has 1 N–H and O–H groups in total. The average molecular weight is 307 g/mol. The van der Waals surface area contributed by atoms with E-state index < -0.39 is 17.9 Å². The number of nitrogens with one attached hydrogen (secondary N) is 1. The molecule has 0 aliphatic heterocycles. The van der Waals surface area contributed by atoms with Gasteiger partial charge in [0.1, 0.15) is 12.6 Å². The maximum atomic E-state index is 11.9. The van der Waals surface area contributed by atoms with Crippen molar-refractivity contribution in [2.24, 2.45) is 0 Å². The van der Waals surface area contributed by atoms with Gasteiger partial charge < -0.3 is 10.1 Å². The summed E-state index contributed by atoms with van der Waals surface area (Å²) < 4.78 is 5.12. The first-order valence-corrected chi connectivity index (χ1v) is 7.20. The molecule has 0 unspecified atom stereocenters. The van der Waals surface area contributed by atoms with Gasteiger partial charge in [-0.15, -0.1) is 6.42 Å². The van der Waals surface area contributed by atoms with Crippen LogP contribution in [-0.4, -0.2) is 17.9 Å². The largest absolute Gasteiger partial charge is 0.445 e. The average Bonchev–Trinajstić information content (AvgIpc) is 2.60. The Morgan fingerprint density at radius 3 is 2.13 bits per heavy atom. The topological polar surface area (TPSA) is 55.4 Å². The summed E-state index contributed by atoms with van der Waals surface area (Å²) in [6.07, 6.45) is 4.83. The lowest BCUT2D eigenvalue weighted by Crippen LogP contribution is -2.42. The van der Waals surface area contributed by atoms with E-state index in [1.165, 1.54) is 0 Å². The molecule has 0 aromatic heterocycles. The number of ketones is 1. The molecule has 2 aromatic rings. The van der Waals surface area contributed by atoms with Gasteiger partial charge in [-0.1, -0.05) is 60.7 Å². The first kappa shape index (κ1) is 16.3. The van der Waals surface area contributed by atoms with Crippen LogP contribution in [0.1, 0.15) is 11.1 Å². The molecule has 4 nitrogen and oxygen atoms in total. The van der Waals surface area contributed by atoms with Gasteiger partial charge in [0.2, 0.25) is 5.78 Å². The molecule has 116 valence electrons. The van der Waals surface area contributed by atoms with Crippen molar-refractivity contribution in [3.8, 4) is 12.3 Å². The highest BCUT2D eigenvalue weighted by Gasteiger charge is 2.20. The van der Waals surface area contributed by atoms with Crippen LogP contribution in [-0.2, 0) is 22.6 Å². The van der Waals surface area contributed by atoms with Gasteiger partial charge >= 0.3 is 6.09 Å². The molecule has 0 bridgehead atoms. The van der Waals surface area contributed by atoms with E-state index in [1.54, 1.807) is 0 Å². The molecular weight excluding hydrogens is 290 g/mol. The van der Waals surface area contributed by atoms with Crippen molar-refractivity contribution in [1.82, 2.24) is 5.32 Å². The van der Waals surface area contributed by atoms with E-state index in [-0.39, 0.29) is 6.61 Å². The van der Waals surface area contributed by atoms with Crippen molar-refractivity contribution in [3.63, 3.8) is 0 Å². The number of hydrogen-bond donors (Lipinski definition) is 1. The first-order chi connectivity index (χ1) is 11.2. The summed E-state index contributed by atoms with van der Waals surface area (Å²) in [6, 6.07) is 17.8. The van der Waals surface area contributed by atoms with Crippen molar-refractivity contribution >= 4 is 11.9 Å². The highest BCUT2D eigenvalue weighted by atomic mass is 16.5. The maximum absolute atomic E-state index is 11.9. The van der Waals surface area contributed by atoms with E-state index in [0.29, 0.717) is 6.42 Å². The van der Waals surface area contributed by atoms with Crippen molar-refractivity contribution in [2.75, 3.05) is 0 Å². The molecule has 0 spiro atoms. The second-order valence-electron chi connectivity index (χ2n) is 4.96. The quantitative estimate of drug-likeness (QED) is 0.659. The van der Waals surface area contributed by atoms with Gasteiger partial charge in [-0.3, -0.25) is 4.79 Å². The smallest absolute Gasteiger partial charge is 0.408 e. The molecule has 0 aliphatic carbocycles. The Kier molecular flexibility index (Phi) is 5.96. The maximum Gasteiger partial charge on any atom is 0.408 e. The minimum atomic E-state index is -0.800. The Morgan fingerprint density at radius 1 is 1.00 bits per heavy atom. The zero-order chi connectivity index (χ0) is 16.5. The number of alkyl carbamates (subject to hydrolysis) is 1. The minimum Gasteiger partial charge on any atom is -0.445 e. The van der Waals surface area contributed by atoms with Crippen LogP contribution in [0.25, 0.3) is 0 Å².